The first kappa shape index (κ1) is 17.0. The average Bonchev–Trinajstić information content (AvgIpc) is 2.36. The largest absolute Gasteiger partial charge is 0.406 e. The topological polar surface area (TPSA) is 66.5 Å². The van der Waals surface area contributed by atoms with Gasteiger partial charge in [-0.05, 0) is 29.8 Å². The van der Waals surface area contributed by atoms with Gasteiger partial charge < -0.3 is 10.2 Å². The zero-order chi connectivity index (χ0) is 16.2. The molecule has 5 nitrogen and oxygen atoms in total. The van der Waals surface area contributed by atoms with Gasteiger partial charge in [-0.1, -0.05) is 6.07 Å². The van der Waals surface area contributed by atoms with Crippen molar-refractivity contribution in [2.45, 2.75) is 6.18 Å². The molecule has 0 aromatic heterocycles. The van der Waals surface area contributed by atoms with Crippen LogP contribution in [0.25, 0.3) is 0 Å². The van der Waals surface area contributed by atoms with Crippen LogP contribution < -0.4 is 5.32 Å². The van der Waals surface area contributed by atoms with E-state index in [0.29, 0.717) is 0 Å². The molecule has 9 heteroatoms. The van der Waals surface area contributed by atoms with Gasteiger partial charge in [-0.25, -0.2) is 0 Å². The molecule has 0 radical (unpaired) electrons. The van der Waals surface area contributed by atoms with Crippen LogP contribution in [0.15, 0.2) is 24.3 Å². The van der Waals surface area contributed by atoms with Crippen molar-refractivity contribution in [2.24, 2.45) is 0 Å². The van der Waals surface area contributed by atoms with Gasteiger partial charge in [0.05, 0.1) is 0 Å². The Hall–Kier alpha value is -2.09. The van der Waals surface area contributed by atoms with E-state index in [1.165, 1.54) is 24.3 Å². The fourth-order valence-corrected chi connectivity index (χ4v) is 1.54. The van der Waals surface area contributed by atoms with E-state index >= 15 is 0 Å². The molecule has 0 aliphatic carbocycles. The van der Waals surface area contributed by atoms with Gasteiger partial charge in [0.2, 0.25) is 0 Å². The zero-order valence-electron chi connectivity index (χ0n) is 10.7. The lowest BCUT2D eigenvalue weighted by Gasteiger charge is -2.18. The minimum Gasteiger partial charge on any atom is -0.328 e. The van der Waals surface area contributed by atoms with Gasteiger partial charge in [0.15, 0.2) is 0 Å². The maximum absolute atomic E-state index is 12.1. The first-order valence-electron chi connectivity index (χ1n) is 5.53. The number of nitrogens with one attached hydrogen (secondary N) is 1. The monoisotopic (exact) mass is 322 g/mol. The molecular weight excluding hydrogens is 313 g/mol. The standard InChI is InChI=1S/C12H10ClF3N2O3/c1-18(6-12(14,15)16)11(21)10(20)17-8-4-2-3-7(5-8)9(13)19/h2-5H,6H2,1H3,(H,17,20). The van der Waals surface area contributed by atoms with Gasteiger partial charge in [-0.3, -0.25) is 14.4 Å². The molecular formula is C12H10ClF3N2O3. The molecule has 1 aromatic carbocycles. The van der Waals surface area contributed by atoms with E-state index in [4.69, 9.17) is 11.6 Å². The summed E-state index contributed by atoms with van der Waals surface area (Å²) in [6, 6.07) is 5.33. The van der Waals surface area contributed by atoms with Crippen LogP contribution >= 0.6 is 11.6 Å². The second kappa shape index (κ2) is 6.57. The van der Waals surface area contributed by atoms with Crippen molar-refractivity contribution in [3.8, 4) is 0 Å². The summed E-state index contributed by atoms with van der Waals surface area (Å²) in [5.74, 6) is -2.60. The van der Waals surface area contributed by atoms with Crippen molar-refractivity contribution in [2.75, 3.05) is 18.9 Å². The number of alkyl halides is 3. The fourth-order valence-electron chi connectivity index (χ4n) is 1.42. The highest BCUT2D eigenvalue weighted by molar-refractivity contribution is 6.67. The Morgan fingerprint density at radius 3 is 2.43 bits per heavy atom. The number of halogens is 4. The van der Waals surface area contributed by atoms with Crippen LogP contribution in [0, 0.1) is 0 Å². The summed E-state index contributed by atoms with van der Waals surface area (Å²) in [7, 11) is 0.855. The predicted octanol–water partition coefficient (Wildman–Crippen LogP) is 2.02. The Labute approximate surface area is 122 Å². The summed E-state index contributed by atoms with van der Waals surface area (Å²) >= 11 is 5.25. The molecule has 0 aliphatic heterocycles. The number of likely N-dealkylation sites (N-methyl/N-ethyl adjacent to an activating group) is 1. The van der Waals surface area contributed by atoms with Crippen LogP contribution in [-0.4, -0.2) is 41.7 Å². The number of benzene rings is 1. The highest BCUT2D eigenvalue weighted by atomic mass is 35.5. The van der Waals surface area contributed by atoms with Gasteiger partial charge in [-0.2, -0.15) is 13.2 Å². The predicted molar refractivity (Wildman–Crippen MR) is 68.9 cm³/mol. The summed E-state index contributed by atoms with van der Waals surface area (Å²) in [5.41, 5.74) is 0.144. The lowest BCUT2D eigenvalue weighted by molar-refractivity contribution is -0.161. The Bertz CT molecular complexity index is 575. The minimum absolute atomic E-state index is 0.0697. The van der Waals surface area contributed by atoms with E-state index in [9.17, 15) is 27.6 Å². The van der Waals surface area contributed by atoms with E-state index in [-0.39, 0.29) is 16.2 Å². The molecule has 0 saturated heterocycles. The normalized spacial score (nSPS) is 10.9. The maximum Gasteiger partial charge on any atom is 0.406 e. The number of hydrogen-bond acceptors (Lipinski definition) is 3. The van der Waals surface area contributed by atoms with Crippen molar-refractivity contribution >= 4 is 34.3 Å². The van der Waals surface area contributed by atoms with E-state index < -0.39 is 29.8 Å². The average molecular weight is 323 g/mol. The van der Waals surface area contributed by atoms with Crippen LogP contribution in [0.4, 0.5) is 18.9 Å². The molecule has 1 rings (SSSR count). The first-order chi connectivity index (χ1) is 9.60. The van der Waals surface area contributed by atoms with Crippen LogP contribution in [0.5, 0.6) is 0 Å². The van der Waals surface area contributed by atoms with Crippen molar-refractivity contribution in [1.29, 1.82) is 0 Å². The lowest BCUT2D eigenvalue weighted by Crippen LogP contribution is -2.42. The smallest absolute Gasteiger partial charge is 0.328 e. The number of rotatable bonds is 3. The quantitative estimate of drug-likeness (QED) is 0.684. The number of carbonyl (C=O) groups excluding carboxylic acids is 3. The Kier molecular flexibility index (Phi) is 5.31. The zero-order valence-corrected chi connectivity index (χ0v) is 11.5. The molecule has 0 fully saturated rings. The molecule has 2 amide bonds. The van der Waals surface area contributed by atoms with E-state index in [1.807, 2.05) is 0 Å². The molecule has 114 valence electrons. The van der Waals surface area contributed by atoms with Gasteiger partial charge in [0.1, 0.15) is 6.54 Å². The van der Waals surface area contributed by atoms with Gasteiger partial charge in [-0.15, -0.1) is 0 Å². The summed E-state index contributed by atoms with van der Waals surface area (Å²) in [4.78, 5) is 34.2. The van der Waals surface area contributed by atoms with Crippen molar-refractivity contribution in [3.05, 3.63) is 29.8 Å². The lowest BCUT2D eigenvalue weighted by atomic mass is 10.2. The second-order valence-electron chi connectivity index (χ2n) is 4.09. The van der Waals surface area contributed by atoms with Crippen molar-refractivity contribution in [1.82, 2.24) is 4.90 Å². The van der Waals surface area contributed by atoms with E-state index in [1.54, 1.807) is 0 Å². The fraction of sp³-hybridized carbons (Fsp3) is 0.250. The molecule has 1 N–H and O–H groups in total. The molecule has 0 atom stereocenters. The molecule has 21 heavy (non-hydrogen) atoms. The third-order valence-corrected chi connectivity index (χ3v) is 2.52. The van der Waals surface area contributed by atoms with Gasteiger partial charge >= 0.3 is 18.0 Å². The minimum atomic E-state index is -4.60. The molecule has 0 bridgehead atoms. The third-order valence-electron chi connectivity index (χ3n) is 2.30. The first-order valence-corrected chi connectivity index (χ1v) is 5.91. The maximum atomic E-state index is 12.1. The van der Waals surface area contributed by atoms with Gasteiger partial charge in [0, 0.05) is 18.3 Å². The Morgan fingerprint density at radius 1 is 1.29 bits per heavy atom. The van der Waals surface area contributed by atoms with Crippen molar-refractivity contribution < 1.29 is 27.6 Å². The van der Waals surface area contributed by atoms with Gasteiger partial charge in [0.25, 0.3) is 5.24 Å². The summed E-state index contributed by atoms with van der Waals surface area (Å²) in [6.07, 6.45) is -4.60. The SMILES string of the molecule is CN(CC(F)(F)F)C(=O)C(=O)Nc1cccc(C(=O)Cl)c1. The number of hydrogen-bond donors (Lipinski definition) is 1. The van der Waals surface area contributed by atoms with Crippen LogP contribution in [-0.2, 0) is 9.59 Å². The van der Waals surface area contributed by atoms with Crippen LogP contribution in [0.3, 0.4) is 0 Å². The Balaban J connectivity index is 2.75. The summed E-state index contributed by atoms with van der Waals surface area (Å²) in [6.45, 7) is -1.54. The summed E-state index contributed by atoms with van der Waals surface area (Å²) < 4.78 is 36.4. The molecule has 0 heterocycles. The number of amides is 2. The second-order valence-corrected chi connectivity index (χ2v) is 4.43. The molecule has 0 spiro atoms. The highest BCUT2D eigenvalue weighted by Gasteiger charge is 2.33. The molecule has 1 aromatic rings. The van der Waals surface area contributed by atoms with E-state index in [0.717, 1.165) is 7.05 Å². The summed E-state index contributed by atoms with van der Waals surface area (Å²) in [5, 5.41) is 1.32. The van der Waals surface area contributed by atoms with Crippen LogP contribution in [0.1, 0.15) is 10.4 Å². The number of nitrogens with zero attached hydrogens (tertiary/aromatic N) is 1. The third kappa shape index (κ3) is 5.42. The number of anilines is 1. The molecule has 0 unspecified atom stereocenters. The van der Waals surface area contributed by atoms with Crippen molar-refractivity contribution in [3.63, 3.8) is 0 Å². The molecule has 0 aliphatic rings. The molecule has 0 saturated carbocycles. The van der Waals surface area contributed by atoms with E-state index in [2.05, 4.69) is 5.32 Å². The highest BCUT2D eigenvalue weighted by Crippen LogP contribution is 2.16. The Morgan fingerprint density at radius 2 is 1.90 bits per heavy atom. The number of carbonyl (C=O) groups is 3. The van der Waals surface area contributed by atoms with Crippen LogP contribution in [0.2, 0.25) is 0 Å².